The summed E-state index contributed by atoms with van der Waals surface area (Å²) < 4.78 is 0. The summed E-state index contributed by atoms with van der Waals surface area (Å²) in [5, 5.41) is 2.65. The molecule has 0 saturated carbocycles. The van der Waals surface area contributed by atoms with Crippen LogP contribution in [-0.4, -0.2) is 12.1 Å². The van der Waals surface area contributed by atoms with E-state index in [2.05, 4.69) is 75.9 Å². The van der Waals surface area contributed by atoms with Gasteiger partial charge in [0.1, 0.15) is 0 Å². The molecule has 0 aromatic heterocycles. The highest BCUT2D eigenvalue weighted by Gasteiger charge is 2.14. The summed E-state index contributed by atoms with van der Waals surface area (Å²) in [5.41, 5.74) is 2.64. The van der Waals surface area contributed by atoms with Gasteiger partial charge in [0, 0.05) is 17.8 Å². The van der Waals surface area contributed by atoms with Crippen LogP contribution in [0.2, 0.25) is 0 Å². The van der Waals surface area contributed by atoms with E-state index in [4.69, 9.17) is 0 Å². The lowest BCUT2D eigenvalue weighted by molar-refractivity contribution is 0.608. The molecule has 18 heavy (non-hydrogen) atoms. The van der Waals surface area contributed by atoms with Crippen molar-refractivity contribution in [3.63, 3.8) is 0 Å². The number of hydrogen-bond acceptors (Lipinski definition) is 1. The van der Waals surface area contributed by atoms with Crippen molar-refractivity contribution >= 4 is 16.5 Å². The number of anilines is 1. The fraction of sp³-hybridized carbons (Fsp3) is 0.412. The lowest BCUT2D eigenvalue weighted by Crippen LogP contribution is -2.36. The van der Waals surface area contributed by atoms with Crippen LogP contribution in [0.15, 0.2) is 36.4 Å². The number of aryl methyl sites for hydroxylation is 1. The van der Waals surface area contributed by atoms with Gasteiger partial charge < -0.3 is 4.90 Å². The summed E-state index contributed by atoms with van der Waals surface area (Å²) in [7, 11) is 0. The molecule has 0 N–H and O–H groups in total. The first-order valence-electron chi connectivity index (χ1n) is 6.78. The molecular weight excluding hydrogens is 218 g/mol. The van der Waals surface area contributed by atoms with Crippen LogP contribution in [0.1, 0.15) is 33.3 Å². The zero-order valence-corrected chi connectivity index (χ0v) is 12.1. The van der Waals surface area contributed by atoms with Gasteiger partial charge in [-0.25, -0.2) is 0 Å². The Labute approximate surface area is 110 Å². The molecule has 2 aromatic rings. The maximum atomic E-state index is 2.46. The molecule has 0 fully saturated rings. The fourth-order valence-corrected chi connectivity index (χ4v) is 2.71. The molecule has 0 aliphatic heterocycles. The monoisotopic (exact) mass is 241 g/mol. The van der Waals surface area contributed by atoms with E-state index in [1.54, 1.807) is 0 Å². The summed E-state index contributed by atoms with van der Waals surface area (Å²) in [6.07, 6.45) is 0. The molecule has 0 unspecified atom stereocenters. The van der Waals surface area contributed by atoms with E-state index in [9.17, 15) is 0 Å². The van der Waals surface area contributed by atoms with Gasteiger partial charge >= 0.3 is 0 Å². The van der Waals surface area contributed by atoms with Crippen LogP contribution in [0.3, 0.4) is 0 Å². The van der Waals surface area contributed by atoms with Gasteiger partial charge in [-0.3, -0.25) is 0 Å². The van der Waals surface area contributed by atoms with Crippen molar-refractivity contribution in [3.05, 3.63) is 42.0 Å². The number of benzene rings is 2. The van der Waals surface area contributed by atoms with Crippen LogP contribution in [0, 0.1) is 6.92 Å². The smallest absolute Gasteiger partial charge is 0.0377 e. The van der Waals surface area contributed by atoms with E-state index in [1.165, 1.54) is 22.0 Å². The highest BCUT2D eigenvalue weighted by Crippen LogP contribution is 2.26. The van der Waals surface area contributed by atoms with Crippen LogP contribution in [0.5, 0.6) is 0 Å². The van der Waals surface area contributed by atoms with Crippen LogP contribution in [0.25, 0.3) is 10.8 Å². The minimum absolute atomic E-state index is 0.521. The minimum atomic E-state index is 0.521. The third kappa shape index (κ3) is 2.50. The van der Waals surface area contributed by atoms with Gasteiger partial charge in [-0.05, 0) is 57.5 Å². The molecule has 0 bridgehead atoms. The third-order valence-corrected chi connectivity index (χ3v) is 3.39. The number of hydrogen-bond donors (Lipinski definition) is 0. The van der Waals surface area contributed by atoms with Gasteiger partial charge in [-0.15, -0.1) is 0 Å². The van der Waals surface area contributed by atoms with Gasteiger partial charge in [-0.2, -0.15) is 0 Å². The molecule has 2 rings (SSSR count). The normalized spacial score (nSPS) is 11.5. The molecule has 1 nitrogen and oxygen atoms in total. The molecule has 0 radical (unpaired) electrons. The Morgan fingerprint density at radius 1 is 0.778 bits per heavy atom. The van der Waals surface area contributed by atoms with Crippen LogP contribution in [-0.2, 0) is 0 Å². The molecular formula is C17H23N. The van der Waals surface area contributed by atoms with Crippen LogP contribution >= 0.6 is 0 Å². The Morgan fingerprint density at radius 3 is 2.00 bits per heavy atom. The molecule has 0 atom stereocenters. The molecule has 0 spiro atoms. The van der Waals surface area contributed by atoms with Crippen molar-refractivity contribution in [1.82, 2.24) is 0 Å². The Kier molecular flexibility index (Phi) is 3.60. The molecule has 0 heterocycles. The molecule has 0 aliphatic carbocycles. The third-order valence-electron chi connectivity index (χ3n) is 3.39. The SMILES string of the molecule is Cc1ccc2ccc(N(C(C)C)C(C)C)cc2c1. The molecule has 1 heteroatoms. The number of fused-ring (bicyclic) bond motifs is 1. The van der Waals surface area contributed by atoms with Gasteiger partial charge in [-0.1, -0.05) is 29.8 Å². The summed E-state index contributed by atoms with van der Waals surface area (Å²) >= 11 is 0. The van der Waals surface area contributed by atoms with Crippen molar-refractivity contribution < 1.29 is 0 Å². The lowest BCUT2D eigenvalue weighted by Gasteiger charge is -2.33. The van der Waals surface area contributed by atoms with E-state index >= 15 is 0 Å². The lowest BCUT2D eigenvalue weighted by atomic mass is 10.1. The van der Waals surface area contributed by atoms with Gasteiger partial charge in [0.15, 0.2) is 0 Å². The predicted molar refractivity (Wildman–Crippen MR) is 81.4 cm³/mol. The number of nitrogens with zero attached hydrogens (tertiary/aromatic N) is 1. The van der Waals surface area contributed by atoms with Crippen LogP contribution < -0.4 is 4.90 Å². The van der Waals surface area contributed by atoms with Crippen LogP contribution in [0.4, 0.5) is 5.69 Å². The fourth-order valence-electron chi connectivity index (χ4n) is 2.71. The average Bonchev–Trinajstić information content (AvgIpc) is 2.27. The van der Waals surface area contributed by atoms with Crippen molar-refractivity contribution in [2.45, 2.75) is 46.7 Å². The second kappa shape index (κ2) is 5.01. The summed E-state index contributed by atoms with van der Waals surface area (Å²) in [5.74, 6) is 0. The van der Waals surface area contributed by atoms with E-state index in [0.717, 1.165) is 0 Å². The molecule has 0 aliphatic rings. The Balaban J connectivity index is 2.51. The Hall–Kier alpha value is -1.50. The second-order valence-electron chi connectivity index (χ2n) is 5.63. The van der Waals surface area contributed by atoms with E-state index in [0.29, 0.717) is 12.1 Å². The summed E-state index contributed by atoms with van der Waals surface area (Å²) in [6, 6.07) is 14.4. The molecule has 0 amide bonds. The quantitative estimate of drug-likeness (QED) is 0.748. The predicted octanol–water partition coefficient (Wildman–Crippen LogP) is 4.77. The first-order chi connectivity index (χ1) is 8.49. The largest absolute Gasteiger partial charge is 0.367 e. The van der Waals surface area contributed by atoms with E-state index < -0.39 is 0 Å². The standard InChI is InChI=1S/C17H23N/c1-12(2)18(13(3)4)17-9-8-15-7-6-14(5)10-16(15)11-17/h6-13H,1-5H3. The molecule has 96 valence electrons. The highest BCUT2D eigenvalue weighted by molar-refractivity contribution is 5.86. The Bertz CT molecular complexity index is 532. The van der Waals surface area contributed by atoms with Gasteiger partial charge in [0.05, 0.1) is 0 Å². The first-order valence-corrected chi connectivity index (χ1v) is 6.78. The van der Waals surface area contributed by atoms with Crippen molar-refractivity contribution in [2.75, 3.05) is 4.90 Å². The highest BCUT2D eigenvalue weighted by atomic mass is 15.2. The van der Waals surface area contributed by atoms with E-state index in [1.807, 2.05) is 0 Å². The van der Waals surface area contributed by atoms with Crippen molar-refractivity contribution in [3.8, 4) is 0 Å². The van der Waals surface area contributed by atoms with Crippen molar-refractivity contribution in [2.24, 2.45) is 0 Å². The van der Waals surface area contributed by atoms with Gasteiger partial charge in [0.2, 0.25) is 0 Å². The zero-order chi connectivity index (χ0) is 13.3. The summed E-state index contributed by atoms with van der Waals surface area (Å²) in [4.78, 5) is 2.46. The average molecular weight is 241 g/mol. The zero-order valence-electron chi connectivity index (χ0n) is 12.1. The van der Waals surface area contributed by atoms with Crippen molar-refractivity contribution in [1.29, 1.82) is 0 Å². The maximum Gasteiger partial charge on any atom is 0.0377 e. The molecule has 2 aromatic carbocycles. The topological polar surface area (TPSA) is 3.24 Å². The maximum absolute atomic E-state index is 2.46. The van der Waals surface area contributed by atoms with E-state index in [-0.39, 0.29) is 0 Å². The molecule has 0 saturated heterocycles. The van der Waals surface area contributed by atoms with Gasteiger partial charge in [0.25, 0.3) is 0 Å². The summed E-state index contributed by atoms with van der Waals surface area (Å²) in [6.45, 7) is 11.1. The first kappa shape index (κ1) is 12.9. The second-order valence-corrected chi connectivity index (χ2v) is 5.63. The Morgan fingerprint density at radius 2 is 1.39 bits per heavy atom. The number of rotatable bonds is 3. The minimum Gasteiger partial charge on any atom is -0.367 e.